The van der Waals surface area contributed by atoms with Crippen molar-refractivity contribution in [2.75, 3.05) is 6.54 Å². The molecule has 0 saturated carbocycles. The topological polar surface area (TPSA) is 69.6 Å². The number of nitrogens with one attached hydrogen (secondary N) is 1. The maximum atomic E-state index is 12.6. The number of alkyl halides is 3. The molecule has 2 N–H and O–H groups in total. The van der Waals surface area contributed by atoms with Crippen molar-refractivity contribution < 1.29 is 27.9 Å². The van der Waals surface area contributed by atoms with Gasteiger partial charge in [0.1, 0.15) is 6.10 Å². The molecule has 1 aliphatic rings. The van der Waals surface area contributed by atoms with Crippen LogP contribution in [0.25, 0.3) is 0 Å². The zero-order valence-corrected chi connectivity index (χ0v) is 16.4. The summed E-state index contributed by atoms with van der Waals surface area (Å²) in [6, 6.07) is 12.2. The summed E-state index contributed by atoms with van der Waals surface area (Å²) in [6.07, 6.45) is -5.23. The third-order valence-corrected chi connectivity index (χ3v) is 5.33. The summed E-state index contributed by atoms with van der Waals surface area (Å²) in [5.41, 5.74) is 1.90. The number of hydrogen-bond acceptors (Lipinski definition) is 3. The van der Waals surface area contributed by atoms with Gasteiger partial charge >= 0.3 is 6.18 Å². The Balaban J connectivity index is 1.54. The van der Waals surface area contributed by atoms with E-state index in [-0.39, 0.29) is 6.54 Å². The second kappa shape index (κ2) is 8.87. The number of aliphatic hydroxyl groups is 1. The van der Waals surface area contributed by atoms with Crippen LogP contribution in [0.3, 0.4) is 0 Å². The van der Waals surface area contributed by atoms with Gasteiger partial charge in [0.25, 0.3) is 5.91 Å². The minimum absolute atomic E-state index is 0.000684. The zero-order chi connectivity index (χ0) is 21.9. The number of aliphatic hydroxyl groups excluding tert-OH is 1. The molecule has 0 aromatic heterocycles. The number of rotatable bonds is 5. The molecule has 30 heavy (non-hydrogen) atoms. The Kier molecular flexibility index (Phi) is 6.45. The van der Waals surface area contributed by atoms with Crippen LogP contribution in [-0.4, -0.2) is 34.5 Å². The summed E-state index contributed by atoms with van der Waals surface area (Å²) in [5.74, 6) is -2.06. The van der Waals surface area contributed by atoms with Crippen molar-refractivity contribution in [3.8, 4) is 0 Å². The molecule has 1 heterocycles. The lowest BCUT2D eigenvalue weighted by Crippen LogP contribution is -2.47. The van der Waals surface area contributed by atoms with Crippen LogP contribution in [0.2, 0.25) is 0 Å². The van der Waals surface area contributed by atoms with Crippen LogP contribution in [-0.2, 0) is 35.3 Å². The average Bonchev–Trinajstić information content (AvgIpc) is 2.75. The lowest BCUT2D eigenvalue weighted by molar-refractivity contribution is -0.148. The van der Waals surface area contributed by atoms with E-state index < -0.39 is 35.6 Å². The Labute approximate surface area is 172 Å². The third-order valence-electron chi connectivity index (χ3n) is 5.33. The number of halogens is 3. The summed E-state index contributed by atoms with van der Waals surface area (Å²) >= 11 is 0. The van der Waals surface area contributed by atoms with Crippen LogP contribution >= 0.6 is 0 Å². The second-order valence-corrected chi connectivity index (χ2v) is 7.42. The van der Waals surface area contributed by atoms with Crippen LogP contribution in [0.5, 0.6) is 0 Å². The molecule has 0 radical (unpaired) electrons. The van der Waals surface area contributed by atoms with Gasteiger partial charge in [-0.25, -0.2) is 0 Å². The van der Waals surface area contributed by atoms with Crippen molar-refractivity contribution >= 4 is 11.8 Å². The van der Waals surface area contributed by atoms with E-state index in [1.165, 1.54) is 29.5 Å². The molecule has 5 nitrogen and oxygen atoms in total. The highest BCUT2D eigenvalue weighted by Crippen LogP contribution is 2.29. The van der Waals surface area contributed by atoms with Gasteiger partial charge in [-0.05, 0) is 35.2 Å². The van der Waals surface area contributed by atoms with Gasteiger partial charge in [0.2, 0.25) is 5.91 Å². The van der Waals surface area contributed by atoms with E-state index in [0.29, 0.717) is 25.1 Å². The van der Waals surface area contributed by atoms with Gasteiger partial charge in [-0.3, -0.25) is 9.59 Å². The summed E-state index contributed by atoms with van der Waals surface area (Å²) in [5, 5.41) is 13.0. The second-order valence-electron chi connectivity index (χ2n) is 7.42. The fraction of sp³-hybridized carbons (Fsp3) is 0.364. The third kappa shape index (κ3) is 4.99. The Morgan fingerprint density at radius 3 is 2.37 bits per heavy atom. The number of fused-ring (bicyclic) bond motifs is 1. The van der Waals surface area contributed by atoms with Crippen LogP contribution in [0.1, 0.15) is 29.2 Å². The maximum Gasteiger partial charge on any atom is 0.416 e. The molecule has 2 aromatic carbocycles. The molecular weight excluding hydrogens is 397 g/mol. The smallest absolute Gasteiger partial charge is 0.382 e. The standard InChI is InChI=1S/C22H23F3N2O3/c1-14(20(29)26-12-15-6-8-18(9-7-15)22(23,24)25)19(28)21(30)27-11-10-16-4-2-3-5-17(16)13-27/h2-9,14,19,28H,10-13H2,1H3,(H,26,29)/t14-,19-/m1/s1. The Hall–Kier alpha value is -2.87. The van der Waals surface area contributed by atoms with E-state index in [1.54, 1.807) is 0 Å². The van der Waals surface area contributed by atoms with Crippen molar-refractivity contribution in [1.29, 1.82) is 0 Å². The van der Waals surface area contributed by atoms with Crippen molar-refractivity contribution in [3.63, 3.8) is 0 Å². The predicted molar refractivity (Wildman–Crippen MR) is 104 cm³/mol. The number of amides is 2. The van der Waals surface area contributed by atoms with Crippen molar-refractivity contribution in [1.82, 2.24) is 10.2 Å². The van der Waals surface area contributed by atoms with E-state index >= 15 is 0 Å². The summed E-state index contributed by atoms with van der Waals surface area (Å²) in [6.45, 7) is 2.29. The quantitative estimate of drug-likeness (QED) is 0.782. The predicted octanol–water partition coefficient (Wildman–Crippen LogP) is 2.90. The molecule has 0 saturated heterocycles. The van der Waals surface area contributed by atoms with Crippen molar-refractivity contribution in [2.24, 2.45) is 5.92 Å². The highest BCUT2D eigenvalue weighted by atomic mass is 19.4. The Morgan fingerprint density at radius 1 is 1.10 bits per heavy atom. The molecule has 0 bridgehead atoms. The summed E-state index contributed by atoms with van der Waals surface area (Å²) in [7, 11) is 0. The van der Waals surface area contributed by atoms with Crippen LogP contribution in [0.15, 0.2) is 48.5 Å². The highest BCUT2D eigenvalue weighted by molar-refractivity contribution is 5.89. The van der Waals surface area contributed by atoms with E-state index in [2.05, 4.69) is 5.32 Å². The molecule has 160 valence electrons. The number of carbonyl (C=O) groups is 2. The molecule has 1 aliphatic heterocycles. The lowest BCUT2D eigenvalue weighted by Gasteiger charge is -2.31. The van der Waals surface area contributed by atoms with E-state index in [4.69, 9.17) is 0 Å². The number of benzene rings is 2. The monoisotopic (exact) mass is 420 g/mol. The van der Waals surface area contributed by atoms with Gasteiger partial charge in [-0.1, -0.05) is 43.3 Å². The molecule has 2 amide bonds. The molecule has 2 aromatic rings. The summed E-state index contributed by atoms with van der Waals surface area (Å²) in [4.78, 5) is 26.5. The maximum absolute atomic E-state index is 12.6. The number of hydrogen-bond donors (Lipinski definition) is 2. The van der Waals surface area contributed by atoms with Crippen LogP contribution in [0, 0.1) is 5.92 Å². The molecule has 0 fully saturated rings. The first-order valence-electron chi connectivity index (χ1n) is 9.64. The minimum atomic E-state index is -4.42. The fourth-order valence-electron chi connectivity index (χ4n) is 3.39. The van der Waals surface area contributed by atoms with E-state index in [9.17, 15) is 27.9 Å². The Bertz CT molecular complexity index is 913. The van der Waals surface area contributed by atoms with Crippen molar-refractivity contribution in [3.05, 3.63) is 70.8 Å². The van der Waals surface area contributed by atoms with E-state index in [1.807, 2.05) is 24.3 Å². The molecule has 2 atom stereocenters. The first-order chi connectivity index (χ1) is 14.2. The first kappa shape index (κ1) is 21.8. The Morgan fingerprint density at radius 2 is 1.73 bits per heavy atom. The molecule has 8 heteroatoms. The molecule has 0 spiro atoms. The molecule has 0 aliphatic carbocycles. The van der Waals surface area contributed by atoms with Gasteiger partial charge in [-0.2, -0.15) is 13.2 Å². The van der Waals surface area contributed by atoms with Crippen molar-refractivity contribution in [2.45, 2.75) is 38.7 Å². The first-order valence-corrected chi connectivity index (χ1v) is 9.64. The molecule has 3 rings (SSSR count). The molecule has 0 unspecified atom stereocenters. The minimum Gasteiger partial charge on any atom is -0.382 e. The van der Waals surface area contributed by atoms with Crippen LogP contribution in [0.4, 0.5) is 13.2 Å². The van der Waals surface area contributed by atoms with Gasteiger partial charge in [0, 0.05) is 19.6 Å². The van der Waals surface area contributed by atoms with Gasteiger partial charge in [0.15, 0.2) is 0 Å². The summed E-state index contributed by atoms with van der Waals surface area (Å²) < 4.78 is 37.8. The van der Waals surface area contributed by atoms with E-state index in [0.717, 1.165) is 17.7 Å². The zero-order valence-electron chi connectivity index (χ0n) is 16.4. The number of nitrogens with zero attached hydrogens (tertiary/aromatic N) is 1. The van der Waals surface area contributed by atoms with Gasteiger partial charge in [-0.15, -0.1) is 0 Å². The highest BCUT2D eigenvalue weighted by Gasteiger charge is 2.33. The normalized spacial score (nSPS) is 15.8. The largest absolute Gasteiger partial charge is 0.416 e. The lowest BCUT2D eigenvalue weighted by atomic mass is 9.97. The fourth-order valence-corrected chi connectivity index (χ4v) is 3.39. The van der Waals surface area contributed by atoms with Gasteiger partial charge in [0.05, 0.1) is 11.5 Å². The van der Waals surface area contributed by atoms with Gasteiger partial charge < -0.3 is 15.3 Å². The SMILES string of the molecule is C[C@@H](C(=O)NCc1ccc(C(F)(F)F)cc1)[C@@H](O)C(=O)N1CCc2ccccc2C1. The molecular formula is C22H23F3N2O3. The average molecular weight is 420 g/mol. The van der Waals surface area contributed by atoms with Crippen LogP contribution < -0.4 is 5.32 Å². The number of carbonyl (C=O) groups excluding carboxylic acids is 2.